The van der Waals surface area contributed by atoms with Gasteiger partial charge >= 0.3 is 12.1 Å². The minimum atomic E-state index is -0.739. The first-order valence-corrected chi connectivity index (χ1v) is 8.65. The van der Waals surface area contributed by atoms with E-state index < -0.39 is 17.7 Å². The number of hydrogen-bond donors (Lipinski definition) is 1. The van der Waals surface area contributed by atoms with E-state index >= 15 is 0 Å². The smallest absolute Gasteiger partial charge is 0.419 e. The minimum absolute atomic E-state index is 0.0434. The fourth-order valence-corrected chi connectivity index (χ4v) is 2.53. The van der Waals surface area contributed by atoms with Crippen LogP contribution in [0.25, 0.3) is 10.9 Å². The van der Waals surface area contributed by atoms with Gasteiger partial charge < -0.3 is 24.7 Å². The van der Waals surface area contributed by atoms with Crippen LogP contribution in [0.1, 0.15) is 38.2 Å². The van der Waals surface area contributed by atoms with E-state index in [9.17, 15) is 9.59 Å². The van der Waals surface area contributed by atoms with E-state index in [1.807, 2.05) is 0 Å². The van der Waals surface area contributed by atoms with Crippen molar-refractivity contribution in [2.24, 2.45) is 0 Å². The fourth-order valence-electron chi connectivity index (χ4n) is 2.53. The second kappa shape index (κ2) is 8.30. The van der Waals surface area contributed by atoms with Crippen molar-refractivity contribution >= 4 is 28.7 Å². The number of carbonyl (C=O) groups excluding carboxylic acids is 2. The van der Waals surface area contributed by atoms with Gasteiger partial charge in [-0.2, -0.15) is 0 Å². The maximum absolute atomic E-state index is 12.7. The number of nitrogens with zero attached hydrogens (tertiary/aromatic N) is 1. The quantitative estimate of drug-likeness (QED) is 0.468. The molecule has 0 spiro atoms. The van der Waals surface area contributed by atoms with Crippen molar-refractivity contribution in [1.82, 2.24) is 4.57 Å². The molecule has 2 aromatic rings. The van der Waals surface area contributed by atoms with Gasteiger partial charge in [0.1, 0.15) is 23.7 Å². The molecule has 1 aromatic carbocycles. The number of ether oxygens (including phenoxy) is 4. The molecule has 0 fully saturated rings. The number of rotatable bonds is 6. The predicted octanol–water partition coefficient (Wildman–Crippen LogP) is 3.21. The summed E-state index contributed by atoms with van der Waals surface area (Å²) in [6.07, 6.45) is -0.708. The van der Waals surface area contributed by atoms with Crippen LogP contribution in [-0.2, 0) is 14.2 Å². The molecule has 0 aliphatic carbocycles. The van der Waals surface area contributed by atoms with Gasteiger partial charge in [-0.15, -0.1) is 0 Å². The topological polar surface area (TPSA) is 102 Å². The number of anilines is 1. The number of nitrogens with two attached hydrogens (primary N) is 1. The van der Waals surface area contributed by atoms with Crippen LogP contribution in [0.15, 0.2) is 18.2 Å². The third-order valence-corrected chi connectivity index (χ3v) is 3.52. The zero-order valence-electron chi connectivity index (χ0n) is 16.3. The number of carbonyl (C=O) groups is 2. The Morgan fingerprint density at radius 2 is 1.85 bits per heavy atom. The third-order valence-electron chi connectivity index (χ3n) is 3.52. The Bertz CT molecular complexity index is 835. The first-order chi connectivity index (χ1) is 12.7. The summed E-state index contributed by atoms with van der Waals surface area (Å²) in [6.45, 7) is 7.86. The number of aromatic nitrogens is 1. The Hall–Kier alpha value is -2.74. The lowest BCUT2D eigenvalue weighted by Gasteiger charge is -2.21. The summed E-state index contributed by atoms with van der Waals surface area (Å²) < 4.78 is 22.2. The monoisotopic (exact) mass is 378 g/mol. The third kappa shape index (κ3) is 4.91. The lowest BCUT2D eigenvalue weighted by molar-refractivity contribution is 0.0454. The van der Waals surface area contributed by atoms with E-state index in [0.717, 1.165) is 4.57 Å². The van der Waals surface area contributed by atoms with Crippen LogP contribution in [0.5, 0.6) is 5.75 Å². The molecule has 148 valence electrons. The van der Waals surface area contributed by atoms with Crippen molar-refractivity contribution < 1.29 is 28.5 Å². The fraction of sp³-hybridized carbons (Fsp3) is 0.474. The van der Waals surface area contributed by atoms with Crippen molar-refractivity contribution in [2.45, 2.75) is 33.3 Å². The second-order valence-corrected chi connectivity index (χ2v) is 6.86. The van der Waals surface area contributed by atoms with Gasteiger partial charge in [-0.05, 0) is 39.8 Å². The van der Waals surface area contributed by atoms with Crippen LogP contribution in [0.4, 0.5) is 10.5 Å². The first kappa shape index (κ1) is 20.6. The van der Waals surface area contributed by atoms with Crippen LogP contribution < -0.4 is 10.5 Å². The molecule has 0 atom stereocenters. The molecule has 1 heterocycles. The standard InChI is InChI=1S/C19H26N2O6/c1-6-25-17(22)15-10-12-9-13(26-8-7-24-5)11-14(20)16(12)21(15)18(23)27-19(2,3)4/h9-11H,6-8,20H2,1-5H3. The molecule has 8 heteroatoms. The molecule has 8 nitrogen and oxygen atoms in total. The molecule has 2 N–H and O–H groups in total. The average molecular weight is 378 g/mol. The summed E-state index contributed by atoms with van der Waals surface area (Å²) in [5, 5.41) is 0.566. The number of nitrogen functional groups attached to an aromatic ring is 1. The highest BCUT2D eigenvalue weighted by Crippen LogP contribution is 2.31. The molecule has 0 radical (unpaired) electrons. The Morgan fingerprint density at radius 1 is 1.15 bits per heavy atom. The molecule has 0 bridgehead atoms. The lowest BCUT2D eigenvalue weighted by atomic mass is 10.2. The molecule has 27 heavy (non-hydrogen) atoms. The van der Waals surface area contributed by atoms with E-state index in [2.05, 4.69) is 0 Å². The summed E-state index contributed by atoms with van der Waals surface area (Å²) in [5.74, 6) is -0.130. The molecule has 0 aliphatic heterocycles. The van der Waals surface area contributed by atoms with Crippen LogP contribution in [0.2, 0.25) is 0 Å². The normalized spacial score (nSPS) is 11.4. The highest BCUT2D eigenvalue weighted by Gasteiger charge is 2.27. The van der Waals surface area contributed by atoms with Gasteiger partial charge in [-0.1, -0.05) is 0 Å². The maximum atomic E-state index is 12.7. The van der Waals surface area contributed by atoms with Gasteiger partial charge in [-0.3, -0.25) is 0 Å². The van der Waals surface area contributed by atoms with Gasteiger partial charge in [0.2, 0.25) is 0 Å². The van der Waals surface area contributed by atoms with Crippen molar-refractivity contribution in [1.29, 1.82) is 0 Å². The van der Waals surface area contributed by atoms with Crippen molar-refractivity contribution in [2.75, 3.05) is 32.7 Å². The summed E-state index contributed by atoms with van der Waals surface area (Å²) >= 11 is 0. The van der Waals surface area contributed by atoms with E-state index in [-0.39, 0.29) is 18.0 Å². The Labute approximate surface area is 158 Å². The molecule has 0 unspecified atom stereocenters. The molecule has 0 aliphatic rings. The van der Waals surface area contributed by atoms with Gasteiger partial charge in [-0.25, -0.2) is 14.2 Å². The van der Waals surface area contributed by atoms with Gasteiger partial charge in [0, 0.05) is 18.6 Å². The molecule has 1 aromatic heterocycles. The van der Waals surface area contributed by atoms with Crippen LogP contribution in [0.3, 0.4) is 0 Å². The average Bonchev–Trinajstić information content (AvgIpc) is 2.94. The van der Waals surface area contributed by atoms with Crippen LogP contribution in [0, 0.1) is 0 Å². The molecular formula is C19H26N2O6. The maximum Gasteiger partial charge on any atom is 0.419 e. The summed E-state index contributed by atoms with van der Waals surface area (Å²) in [7, 11) is 1.58. The number of hydrogen-bond acceptors (Lipinski definition) is 7. The molecule has 0 amide bonds. The molecular weight excluding hydrogens is 352 g/mol. The Kier molecular flexibility index (Phi) is 6.32. The highest BCUT2D eigenvalue weighted by molar-refractivity contribution is 6.05. The number of methoxy groups -OCH3 is 1. The van der Waals surface area contributed by atoms with E-state index in [0.29, 0.717) is 29.9 Å². The van der Waals surface area contributed by atoms with Crippen LogP contribution >= 0.6 is 0 Å². The Morgan fingerprint density at radius 3 is 2.44 bits per heavy atom. The van der Waals surface area contributed by atoms with Crippen molar-refractivity contribution in [3.8, 4) is 5.75 Å². The lowest BCUT2D eigenvalue weighted by Crippen LogP contribution is -2.29. The minimum Gasteiger partial charge on any atom is -0.491 e. The van der Waals surface area contributed by atoms with Crippen molar-refractivity contribution in [3.63, 3.8) is 0 Å². The summed E-state index contributed by atoms with van der Waals surface area (Å²) in [6, 6.07) is 4.83. The van der Waals surface area contributed by atoms with E-state index in [4.69, 9.17) is 24.7 Å². The molecule has 0 saturated heterocycles. The van der Waals surface area contributed by atoms with Gasteiger partial charge in [0.25, 0.3) is 0 Å². The SMILES string of the molecule is CCOC(=O)c1cc2cc(OCCOC)cc(N)c2n1C(=O)OC(C)(C)C. The number of fused-ring (bicyclic) bond motifs is 1. The highest BCUT2D eigenvalue weighted by atomic mass is 16.6. The molecule has 0 saturated carbocycles. The van der Waals surface area contributed by atoms with Crippen molar-refractivity contribution in [3.05, 3.63) is 23.9 Å². The second-order valence-electron chi connectivity index (χ2n) is 6.86. The zero-order chi connectivity index (χ0) is 20.2. The predicted molar refractivity (Wildman–Crippen MR) is 101 cm³/mol. The summed E-state index contributed by atoms with van der Waals surface area (Å²) in [4.78, 5) is 25.1. The van der Waals surface area contributed by atoms with Gasteiger partial charge in [0.05, 0.1) is 24.4 Å². The largest absolute Gasteiger partial charge is 0.491 e. The van der Waals surface area contributed by atoms with Gasteiger partial charge in [0.15, 0.2) is 0 Å². The first-order valence-electron chi connectivity index (χ1n) is 8.65. The summed E-state index contributed by atoms with van der Waals surface area (Å²) in [5.41, 5.74) is 6.11. The van der Waals surface area contributed by atoms with Crippen LogP contribution in [-0.4, -0.2) is 49.2 Å². The Balaban J connectivity index is 2.57. The van der Waals surface area contributed by atoms with E-state index in [1.54, 1.807) is 46.9 Å². The number of benzene rings is 1. The molecule has 2 rings (SSSR count). The zero-order valence-corrected chi connectivity index (χ0v) is 16.3. The number of esters is 1. The van der Waals surface area contributed by atoms with E-state index in [1.165, 1.54) is 6.07 Å².